The summed E-state index contributed by atoms with van der Waals surface area (Å²) in [6.45, 7) is 6.33. The molecule has 98 valence electrons. The van der Waals surface area contributed by atoms with E-state index in [1.54, 1.807) is 0 Å². The van der Waals surface area contributed by atoms with Crippen LogP contribution in [0.5, 0.6) is 0 Å². The van der Waals surface area contributed by atoms with Crippen molar-refractivity contribution >= 4 is 23.4 Å². The van der Waals surface area contributed by atoms with Crippen LogP contribution in [-0.2, 0) is 0 Å². The molecule has 5 heteroatoms. The van der Waals surface area contributed by atoms with Crippen molar-refractivity contribution in [2.24, 2.45) is 5.41 Å². The van der Waals surface area contributed by atoms with Gasteiger partial charge in [-0.3, -0.25) is 0 Å². The number of hydrogen-bond donors (Lipinski definition) is 1. The standard InChI is InChI=1S/C13H17ClN2O2/c1-13(2)3-5-16(6-4-13)11-10(14)7-9(8-15-11)12(17)18/h7-8H,3-6H2,1-2H3,(H,17,18). The van der Waals surface area contributed by atoms with Gasteiger partial charge in [0, 0.05) is 19.3 Å². The zero-order valence-corrected chi connectivity index (χ0v) is 11.4. The highest BCUT2D eigenvalue weighted by molar-refractivity contribution is 6.33. The zero-order valence-electron chi connectivity index (χ0n) is 10.6. The number of carboxylic acids is 1. The lowest BCUT2D eigenvalue weighted by Crippen LogP contribution is -2.37. The van der Waals surface area contributed by atoms with E-state index in [4.69, 9.17) is 16.7 Å². The van der Waals surface area contributed by atoms with Crippen LogP contribution in [0.15, 0.2) is 12.3 Å². The van der Waals surface area contributed by atoms with Crippen molar-refractivity contribution in [3.63, 3.8) is 0 Å². The smallest absolute Gasteiger partial charge is 0.337 e. The van der Waals surface area contributed by atoms with Crippen LogP contribution in [0.25, 0.3) is 0 Å². The van der Waals surface area contributed by atoms with Gasteiger partial charge in [-0.1, -0.05) is 25.4 Å². The molecule has 1 aromatic rings. The van der Waals surface area contributed by atoms with E-state index < -0.39 is 5.97 Å². The lowest BCUT2D eigenvalue weighted by Gasteiger charge is -2.37. The first-order valence-electron chi connectivity index (χ1n) is 6.03. The molecular formula is C13H17ClN2O2. The molecule has 1 aliphatic rings. The summed E-state index contributed by atoms with van der Waals surface area (Å²) in [6.07, 6.45) is 3.54. The summed E-state index contributed by atoms with van der Waals surface area (Å²) in [5.74, 6) is -0.312. The number of carboxylic acid groups (broad SMARTS) is 1. The molecule has 1 N–H and O–H groups in total. The van der Waals surface area contributed by atoms with Crippen LogP contribution in [0, 0.1) is 5.41 Å². The molecule has 0 unspecified atom stereocenters. The third-order valence-corrected chi connectivity index (χ3v) is 3.76. The second-order valence-electron chi connectivity index (χ2n) is 5.49. The average Bonchev–Trinajstić information content (AvgIpc) is 2.29. The number of aromatic carboxylic acids is 1. The Morgan fingerprint density at radius 1 is 1.44 bits per heavy atom. The summed E-state index contributed by atoms with van der Waals surface area (Å²) in [4.78, 5) is 17.1. The molecule has 1 fully saturated rings. The second kappa shape index (κ2) is 4.76. The Kier molecular flexibility index (Phi) is 3.48. The molecule has 1 saturated heterocycles. The van der Waals surface area contributed by atoms with Gasteiger partial charge < -0.3 is 10.0 Å². The fourth-order valence-corrected chi connectivity index (χ4v) is 2.39. The Labute approximate surface area is 112 Å². The first kappa shape index (κ1) is 13.1. The number of rotatable bonds is 2. The van der Waals surface area contributed by atoms with E-state index >= 15 is 0 Å². The van der Waals surface area contributed by atoms with Crippen molar-refractivity contribution in [3.8, 4) is 0 Å². The highest BCUT2D eigenvalue weighted by atomic mass is 35.5. The minimum atomic E-state index is -1.00. The molecule has 1 aromatic heterocycles. The van der Waals surface area contributed by atoms with Gasteiger partial charge >= 0.3 is 5.97 Å². The number of carbonyl (C=O) groups is 1. The van der Waals surface area contributed by atoms with Crippen molar-refractivity contribution in [1.29, 1.82) is 0 Å². The van der Waals surface area contributed by atoms with Crippen LogP contribution in [0.3, 0.4) is 0 Å². The van der Waals surface area contributed by atoms with Crippen LogP contribution in [0.2, 0.25) is 5.02 Å². The average molecular weight is 269 g/mol. The van der Waals surface area contributed by atoms with Gasteiger partial charge in [-0.2, -0.15) is 0 Å². The monoisotopic (exact) mass is 268 g/mol. The molecule has 0 spiro atoms. The van der Waals surface area contributed by atoms with Gasteiger partial charge in [0.2, 0.25) is 0 Å². The predicted octanol–water partition coefficient (Wildman–Crippen LogP) is 3.06. The number of anilines is 1. The summed E-state index contributed by atoms with van der Waals surface area (Å²) in [5.41, 5.74) is 0.491. The number of pyridine rings is 1. The SMILES string of the molecule is CC1(C)CCN(c2ncc(C(=O)O)cc2Cl)CC1. The van der Waals surface area contributed by atoms with E-state index in [1.807, 2.05) is 0 Å². The summed E-state index contributed by atoms with van der Waals surface area (Å²) < 4.78 is 0. The molecule has 1 aliphatic heterocycles. The van der Waals surface area contributed by atoms with Gasteiger partial charge in [0.05, 0.1) is 10.6 Å². The molecule has 18 heavy (non-hydrogen) atoms. The minimum Gasteiger partial charge on any atom is -0.478 e. The normalized spacial score (nSPS) is 18.7. The van der Waals surface area contributed by atoms with Crippen LogP contribution >= 0.6 is 11.6 Å². The predicted molar refractivity (Wildman–Crippen MR) is 71.4 cm³/mol. The molecule has 0 atom stereocenters. The lowest BCUT2D eigenvalue weighted by molar-refractivity contribution is 0.0696. The van der Waals surface area contributed by atoms with Gasteiger partial charge in [0.15, 0.2) is 0 Å². The van der Waals surface area contributed by atoms with Gasteiger partial charge in [-0.15, -0.1) is 0 Å². The van der Waals surface area contributed by atoms with Crippen molar-refractivity contribution in [2.45, 2.75) is 26.7 Å². The molecule has 0 radical (unpaired) electrons. The Bertz CT molecular complexity index is 464. The molecule has 2 rings (SSSR count). The maximum Gasteiger partial charge on any atom is 0.337 e. The highest BCUT2D eigenvalue weighted by Gasteiger charge is 2.27. The van der Waals surface area contributed by atoms with Crippen molar-refractivity contribution in [2.75, 3.05) is 18.0 Å². The number of piperidine rings is 1. The summed E-state index contributed by atoms with van der Waals surface area (Å²) >= 11 is 6.11. The molecule has 0 aliphatic carbocycles. The molecular weight excluding hydrogens is 252 g/mol. The van der Waals surface area contributed by atoms with E-state index in [0.717, 1.165) is 25.9 Å². The van der Waals surface area contributed by atoms with Gasteiger partial charge in [0.1, 0.15) is 5.82 Å². The fourth-order valence-electron chi connectivity index (χ4n) is 2.10. The zero-order chi connectivity index (χ0) is 13.3. The first-order valence-corrected chi connectivity index (χ1v) is 6.41. The van der Waals surface area contributed by atoms with Gasteiger partial charge in [-0.25, -0.2) is 9.78 Å². The van der Waals surface area contributed by atoms with E-state index in [0.29, 0.717) is 16.3 Å². The Morgan fingerprint density at radius 2 is 2.06 bits per heavy atom. The Balaban J connectivity index is 2.17. The van der Waals surface area contributed by atoms with Crippen LogP contribution < -0.4 is 4.90 Å². The quantitative estimate of drug-likeness (QED) is 0.896. The number of aromatic nitrogens is 1. The van der Waals surface area contributed by atoms with Crippen LogP contribution in [-0.4, -0.2) is 29.1 Å². The van der Waals surface area contributed by atoms with E-state index in [2.05, 4.69) is 23.7 Å². The fraction of sp³-hybridized carbons (Fsp3) is 0.538. The second-order valence-corrected chi connectivity index (χ2v) is 5.89. The van der Waals surface area contributed by atoms with Crippen LogP contribution in [0.4, 0.5) is 5.82 Å². The van der Waals surface area contributed by atoms with E-state index in [1.165, 1.54) is 12.3 Å². The summed E-state index contributed by atoms with van der Waals surface area (Å²) in [6, 6.07) is 1.46. The maximum absolute atomic E-state index is 10.8. The van der Waals surface area contributed by atoms with E-state index in [-0.39, 0.29) is 5.56 Å². The van der Waals surface area contributed by atoms with E-state index in [9.17, 15) is 4.79 Å². The number of halogens is 1. The third-order valence-electron chi connectivity index (χ3n) is 3.49. The van der Waals surface area contributed by atoms with Gasteiger partial charge in [0.25, 0.3) is 0 Å². The molecule has 0 bridgehead atoms. The molecule has 0 saturated carbocycles. The molecule has 2 heterocycles. The van der Waals surface area contributed by atoms with Gasteiger partial charge in [-0.05, 0) is 24.3 Å². The third kappa shape index (κ3) is 2.75. The largest absolute Gasteiger partial charge is 0.478 e. The maximum atomic E-state index is 10.8. The van der Waals surface area contributed by atoms with Crippen LogP contribution in [0.1, 0.15) is 37.0 Å². The minimum absolute atomic E-state index is 0.126. The Hall–Kier alpha value is -1.29. The summed E-state index contributed by atoms with van der Waals surface area (Å²) in [7, 11) is 0. The number of nitrogens with zero attached hydrogens (tertiary/aromatic N) is 2. The van der Waals surface area contributed by atoms with Crippen molar-refractivity contribution < 1.29 is 9.90 Å². The first-order chi connectivity index (χ1) is 8.39. The molecule has 0 aromatic carbocycles. The summed E-state index contributed by atoms with van der Waals surface area (Å²) in [5, 5.41) is 9.28. The molecule has 4 nitrogen and oxygen atoms in total. The van der Waals surface area contributed by atoms with Crippen molar-refractivity contribution in [1.82, 2.24) is 4.98 Å². The highest BCUT2D eigenvalue weighted by Crippen LogP contribution is 2.33. The topological polar surface area (TPSA) is 53.4 Å². The number of hydrogen-bond acceptors (Lipinski definition) is 3. The Morgan fingerprint density at radius 3 is 2.56 bits per heavy atom. The lowest BCUT2D eigenvalue weighted by atomic mass is 9.83. The van der Waals surface area contributed by atoms with Crippen molar-refractivity contribution in [3.05, 3.63) is 22.8 Å². The molecule has 0 amide bonds.